The molecule has 7 heteroatoms. The Morgan fingerprint density at radius 3 is 2.27 bits per heavy atom. The molecule has 2 N–H and O–H groups in total. The number of sulfone groups is 1. The van der Waals surface area contributed by atoms with E-state index in [0.29, 0.717) is 4.90 Å². The number of aliphatic imine (C=N–C) groups is 1. The minimum atomic E-state index is -3.12. The van der Waals surface area contributed by atoms with Gasteiger partial charge in [-0.25, -0.2) is 8.42 Å². The molecule has 0 amide bonds. The Morgan fingerprint density at radius 2 is 1.69 bits per heavy atom. The number of hydrogen-bond acceptors (Lipinski definition) is 3. The molecule has 0 aromatic heterocycles. The maximum atomic E-state index is 11.5. The molecule has 26 heavy (non-hydrogen) atoms. The SMILES string of the molecule is CN=C(NCCc1ccc(S(C)(=O)=O)cc1)NCCC1CCCCC1.I. The molecule has 1 aliphatic rings. The summed E-state index contributed by atoms with van der Waals surface area (Å²) in [6.45, 7) is 1.73. The summed E-state index contributed by atoms with van der Waals surface area (Å²) in [6.07, 6.45) is 10.2. The number of nitrogens with zero attached hydrogens (tertiary/aromatic N) is 1. The predicted molar refractivity (Wildman–Crippen MR) is 119 cm³/mol. The van der Waals surface area contributed by atoms with E-state index < -0.39 is 9.84 Å². The lowest BCUT2D eigenvalue weighted by atomic mass is 9.87. The molecule has 5 nitrogen and oxygen atoms in total. The standard InChI is InChI=1S/C19H31N3O2S.HI/c1-20-19(21-14-12-16-6-4-3-5-7-16)22-15-13-17-8-10-18(11-9-17)25(2,23)24;/h8-11,16H,3-7,12-15H2,1-2H3,(H2,20,21,22);1H. The van der Waals surface area contributed by atoms with E-state index in [1.165, 1.54) is 44.8 Å². The van der Waals surface area contributed by atoms with E-state index in [1.807, 2.05) is 12.1 Å². The van der Waals surface area contributed by atoms with Gasteiger partial charge in [0.1, 0.15) is 0 Å². The van der Waals surface area contributed by atoms with E-state index in [4.69, 9.17) is 0 Å². The maximum absolute atomic E-state index is 11.5. The molecular formula is C19H32IN3O2S. The summed E-state index contributed by atoms with van der Waals surface area (Å²) in [7, 11) is -1.33. The second kappa shape index (κ2) is 11.8. The summed E-state index contributed by atoms with van der Waals surface area (Å²) in [5.41, 5.74) is 1.11. The highest BCUT2D eigenvalue weighted by molar-refractivity contribution is 14.0. The lowest BCUT2D eigenvalue weighted by molar-refractivity contribution is 0.339. The van der Waals surface area contributed by atoms with Crippen molar-refractivity contribution in [2.24, 2.45) is 10.9 Å². The number of benzene rings is 1. The van der Waals surface area contributed by atoms with E-state index in [1.54, 1.807) is 19.2 Å². The molecule has 0 atom stereocenters. The largest absolute Gasteiger partial charge is 0.356 e. The van der Waals surface area contributed by atoms with Crippen molar-refractivity contribution in [2.45, 2.75) is 49.8 Å². The van der Waals surface area contributed by atoms with Crippen LogP contribution in [0.3, 0.4) is 0 Å². The highest BCUT2D eigenvalue weighted by atomic mass is 127. The Bertz CT molecular complexity index is 654. The van der Waals surface area contributed by atoms with Gasteiger partial charge in [0.15, 0.2) is 15.8 Å². The van der Waals surface area contributed by atoms with Crippen LogP contribution in [0, 0.1) is 5.92 Å². The van der Waals surface area contributed by atoms with Gasteiger partial charge in [-0.3, -0.25) is 4.99 Å². The average molecular weight is 493 g/mol. The maximum Gasteiger partial charge on any atom is 0.190 e. The highest BCUT2D eigenvalue weighted by Gasteiger charge is 2.12. The van der Waals surface area contributed by atoms with E-state index in [0.717, 1.165) is 37.0 Å². The predicted octanol–water partition coefficient (Wildman–Crippen LogP) is 3.39. The number of hydrogen-bond donors (Lipinski definition) is 2. The second-order valence-electron chi connectivity index (χ2n) is 6.88. The van der Waals surface area contributed by atoms with Crippen molar-refractivity contribution in [1.82, 2.24) is 10.6 Å². The summed E-state index contributed by atoms with van der Waals surface area (Å²) in [4.78, 5) is 4.63. The van der Waals surface area contributed by atoms with Crippen molar-refractivity contribution in [3.63, 3.8) is 0 Å². The Kier molecular flexibility index (Phi) is 10.5. The third-order valence-electron chi connectivity index (χ3n) is 4.85. The number of rotatable bonds is 7. The van der Waals surface area contributed by atoms with Gasteiger partial charge in [-0.1, -0.05) is 44.2 Å². The van der Waals surface area contributed by atoms with E-state index in [9.17, 15) is 8.42 Å². The summed E-state index contributed by atoms with van der Waals surface area (Å²) in [5.74, 6) is 1.70. The quantitative estimate of drug-likeness (QED) is 0.347. The molecule has 1 aromatic carbocycles. The zero-order valence-electron chi connectivity index (χ0n) is 15.8. The topological polar surface area (TPSA) is 70.6 Å². The van der Waals surface area contributed by atoms with Crippen LogP contribution in [0.4, 0.5) is 0 Å². The van der Waals surface area contributed by atoms with Crippen molar-refractivity contribution in [2.75, 3.05) is 26.4 Å². The van der Waals surface area contributed by atoms with Gasteiger partial charge in [-0.2, -0.15) is 0 Å². The summed E-state index contributed by atoms with van der Waals surface area (Å²) in [5, 5.41) is 6.71. The molecule has 1 aromatic rings. The van der Waals surface area contributed by atoms with Gasteiger partial charge in [0.2, 0.25) is 0 Å². The highest BCUT2D eigenvalue weighted by Crippen LogP contribution is 2.25. The first-order chi connectivity index (χ1) is 12.0. The van der Waals surface area contributed by atoms with E-state index >= 15 is 0 Å². The first kappa shape index (κ1) is 23.2. The molecule has 148 valence electrons. The Balaban J connectivity index is 0.00000338. The van der Waals surface area contributed by atoms with Crippen LogP contribution >= 0.6 is 24.0 Å². The molecule has 0 radical (unpaired) electrons. The van der Waals surface area contributed by atoms with Crippen molar-refractivity contribution in [3.05, 3.63) is 29.8 Å². The molecule has 0 saturated heterocycles. The summed E-state index contributed by atoms with van der Waals surface area (Å²) < 4.78 is 22.9. The third-order valence-corrected chi connectivity index (χ3v) is 5.98. The fourth-order valence-corrected chi connectivity index (χ4v) is 3.95. The van der Waals surface area contributed by atoms with Crippen molar-refractivity contribution in [1.29, 1.82) is 0 Å². The monoisotopic (exact) mass is 493 g/mol. The minimum absolute atomic E-state index is 0. The molecule has 0 spiro atoms. The molecule has 0 unspecified atom stereocenters. The van der Waals surface area contributed by atoms with Crippen LogP contribution in [0.15, 0.2) is 34.2 Å². The lowest BCUT2D eigenvalue weighted by Gasteiger charge is -2.22. The van der Waals surface area contributed by atoms with Crippen LogP contribution < -0.4 is 10.6 Å². The fraction of sp³-hybridized carbons (Fsp3) is 0.632. The van der Waals surface area contributed by atoms with E-state index in [-0.39, 0.29) is 24.0 Å². The van der Waals surface area contributed by atoms with Gasteiger partial charge in [-0.05, 0) is 36.5 Å². The molecule has 0 aliphatic heterocycles. The molecule has 0 bridgehead atoms. The summed E-state index contributed by atoms with van der Waals surface area (Å²) in [6, 6.07) is 7.08. The van der Waals surface area contributed by atoms with Gasteiger partial charge in [0, 0.05) is 26.4 Å². The van der Waals surface area contributed by atoms with Gasteiger partial charge < -0.3 is 10.6 Å². The van der Waals surface area contributed by atoms with Crippen molar-refractivity contribution in [3.8, 4) is 0 Å². The number of nitrogens with one attached hydrogen (secondary N) is 2. The van der Waals surface area contributed by atoms with E-state index in [2.05, 4.69) is 15.6 Å². The van der Waals surface area contributed by atoms with Crippen molar-refractivity contribution >= 4 is 39.8 Å². The van der Waals surface area contributed by atoms with Crippen LogP contribution in [0.25, 0.3) is 0 Å². The molecular weight excluding hydrogens is 461 g/mol. The van der Waals surface area contributed by atoms with Crippen molar-refractivity contribution < 1.29 is 8.42 Å². The smallest absolute Gasteiger partial charge is 0.190 e. The zero-order chi connectivity index (χ0) is 18.1. The minimum Gasteiger partial charge on any atom is -0.356 e. The Hall–Kier alpha value is -0.830. The molecule has 0 heterocycles. The number of guanidine groups is 1. The first-order valence-electron chi connectivity index (χ1n) is 9.22. The van der Waals surface area contributed by atoms with Gasteiger partial charge >= 0.3 is 0 Å². The van der Waals surface area contributed by atoms with Gasteiger partial charge in [-0.15, -0.1) is 24.0 Å². The second-order valence-corrected chi connectivity index (χ2v) is 8.90. The lowest BCUT2D eigenvalue weighted by Crippen LogP contribution is -2.39. The van der Waals surface area contributed by atoms with Crippen LogP contribution in [0.1, 0.15) is 44.1 Å². The average Bonchev–Trinajstić information content (AvgIpc) is 2.61. The molecule has 1 aliphatic carbocycles. The van der Waals surface area contributed by atoms with Gasteiger partial charge in [0.25, 0.3) is 0 Å². The van der Waals surface area contributed by atoms with Crippen LogP contribution in [0.2, 0.25) is 0 Å². The molecule has 1 fully saturated rings. The number of halogens is 1. The fourth-order valence-electron chi connectivity index (χ4n) is 3.32. The Labute approximate surface area is 175 Å². The van der Waals surface area contributed by atoms with Crippen LogP contribution in [0.5, 0.6) is 0 Å². The first-order valence-corrected chi connectivity index (χ1v) is 11.1. The third kappa shape index (κ3) is 8.24. The zero-order valence-corrected chi connectivity index (χ0v) is 19.0. The molecule has 2 rings (SSSR count). The normalized spacial score (nSPS) is 16.0. The molecule has 1 saturated carbocycles. The van der Waals surface area contributed by atoms with Crippen LogP contribution in [-0.4, -0.2) is 40.8 Å². The Morgan fingerprint density at radius 1 is 1.08 bits per heavy atom. The summed E-state index contributed by atoms with van der Waals surface area (Å²) >= 11 is 0. The van der Waals surface area contributed by atoms with Crippen LogP contribution in [-0.2, 0) is 16.3 Å². The van der Waals surface area contributed by atoms with Gasteiger partial charge in [0.05, 0.1) is 4.90 Å².